The summed E-state index contributed by atoms with van der Waals surface area (Å²) in [5, 5.41) is 11.1. The van der Waals surface area contributed by atoms with Crippen LogP contribution in [-0.4, -0.2) is 33.6 Å². The van der Waals surface area contributed by atoms with Crippen LogP contribution in [0.1, 0.15) is 22.5 Å². The fourth-order valence-electron chi connectivity index (χ4n) is 4.03. The molecule has 1 N–H and O–H groups in total. The second-order valence-electron chi connectivity index (χ2n) is 8.41. The molecule has 0 spiro atoms. The summed E-state index contributed by atoms with van der Waals surface area (Å²) in [6, 6.07) is 28.6. The molecule has 5 heteroatoms. The zero-order chi connectivity index (χ0) is 22.8. The molecule has 5 aromatic rings. The minimum absolute atomic E-state index is 0.164. The Bertz CT molecular complexity index is 1370. The van der Waals surface area contributed by atoms with Crippen LogP contribution in [0.3, 0.4) is 0 Å². The van der Waals surface area contributed by atoms with E-state index < -0.39 is 0 Å². The molecule has 0 aliphatic heterocycles. The third-order valence-corrected chi connectivity index (χ3v) is 5.83. The maximum absolute atomic E-state index is 11.1. The zero-order valence-electron chi connectivity index (χ0n) is 18.8. The van der Waals surface area contributed by atoms with Crippen molar-refractivity contribution in [1.29, 1.82) is 0 Å². The van der Waals surface area contributed by atoms with E-state index in [4.69, 9.17) is 9.97 Å². The average Bonchev–Trinajstić information content (AvgIpc) is 3.16. The molecule has 0 radical (unpaired) electrons. The number of hydrogen-bond donors (Lipinski definition) is 1. The van der Waals surface area contributed by atoms with Crippen molar-refractivity contribution in [3.63, 3.8) is 0 Å². The van der Waals surface area contributed by atoms with Gasteiger partial charge in [-0.1, -0.05) is 72.8 Å². The van der Waals surface area contributed by atoms with E-state index in [-0.39, 0.29) is 5.88 Å². The largest absolute Gasteiger partial charge is 0.493 e. The van der Waals surface area contributed by atoms with Gasteiger partial charge in [-0.15, -0.1) is 0 Å². The molecule has 0 aliphatic rings. The third-order valence-electron chi connectivity index (χ3n) is 5.83. The van der Waals surface area contributed by atoms with Gasteiger partial charge in [0.1, 0.15) is 5.69 Å². The van der Waals surface area contributed by atoms with Crippen molar-refractivity contribution in [2.45, 2.75) is 12.8 Å². The smallest absolute Gasteiger partial charge is 0.219 e. The number of aromatic hydroxyl groups is 1. The van der Waals surface area contributed by atoms with Crippen LogP contribution < -0.4 is 4.90 Å². The van der Waals surface area contributed by atoms with E-state index in [1.54, 1.807) is 4.40 Å². The number of benzene rings is 3. The molecule has 5 rings (SSSR count). The highest BCUT2D eigenvalue weighted by molar-refractivity contribution is 5.65. The van der Waals surface area contributed by atoms with E-state index >= 15 is 0 Å². The highest BCUT2D eigenvalue weighted by Gasteiger charge is 2.18. The molecule has 0 bridgehead atoms. The SMILES string of the molecule is CN(C)c1ccc(-c2cn3c(O)c(Cc4ccccc4)nc3c(Cc3ccccc3)n2)cc1. The molecular weight excluding hydrogens is 408 g/mol. The molecule has 2 aromatic heterocycles. The molecule has 3 aromatic carbocycles. The molecular formula is C28H26N4O. The van der Waals surface area contributed by atoms with Crippen LogP contribution in [0, 0.1) is 0 Å². The summed E-state index contributed by atoms with van der Waals surface area (Å²) < 4.78 is 1.78. The number of imidazole rings is 1. The second-order valence-corrected chi connectivity index (χ2v) is 8.41. The van der Waals surface area contributed by atoms with Crippen LogP contribution >= 0.6 is 0 Å². The zero-order valence-corrected chi connectivity index (χ0v) is 18.8. The lowest BCUT2D eigenvalue weighted by atomic mass is 10.1. The van der Waals surface area contributed by atoms with Gasteiger partial charge in [0.2, 0.25) is 5.88 Å². The maximum Gasteiger partial charge on any atom is 0.219 e. The van der Waals surface area contributed by atoms with Gasteiger partial charge in [0, 0.05) is 44.4 Å². The molecule has 0 atom stereocenters. The predicted molar refractivity (Wildman–Crippen MR) is 133 cm³/mol. The molecule has 0 aliphatic carbocycles. The fraction of sp³-hybridized carbons (Fsp3) is 0.143. The first-order valence-electron chi connectivity index (χ1n) is 11.0. The van der Waals surface area contributed by atoms with E-state index in [0.717, 1.165) is 33.8 Å². The minimum atomic E-state index is 0.164. The van der Waals surface area contributed by atoms with Gasteiger partial charge in [0.15, 0.2) is 5.65 Å². The summed E-state index contributed by atoms with van der Waals surface area (Å²) in [7, 11) is 4.05. The van der Waals surface area contributed by atoms with Crippen molar-refractivity contribution in [2.75, 3.05) is 19.0 Å². The van der Waals surface area contributed by atoms with Gasteiger partial charge in [-0.05, 0) is 23.3 Å². The van der Waals surface area contributed by atoms with Crippen LogP contribution in [0.4, 0.5) is 5.69 Å². The van der Waals surface area contributed by atoms with Crippen LogP contribution in [-0.2, 0) is 12.8 Å². The number of rotatable bonds is 6. The van der Waals surface area contributed by atoms with Crippen molar-refractivity contribution in [1.82, 2.24) is 14.4 Å². The van der Waals surface area contributed by atoms with Crippen LogP contribution in [0.2, 0.25) is 0 Å². The molecule has 0 fully saturated rings. The summed E-state index contributed by atoms with van der Waals surface area (Å²) in [6.45, 7) is 0. The number of hydrogen-bond acceptors (Lipinski definition) is 4. The minimum Gasteiger partial charge on any atom is -0.493 e. The fourth-order valence-corrected chi connectivity index (χ4v) is 4.03. The third kappa shape index (κ3) is 4.30. The molecule has 0 amide bonds. The Labute approximate surface area is 193 Å². The number of aromatic nitrogens is 3. The van der Waals surface area contributed by atoms with E-state index in [1.807, 2.05) is 68.8 Å². The summed E-state index contributed by atoms with van der Waals surface area (Å²) in [5.74, 6) is 0.164. The lowest BCUT2D eigenvalue weighted by Crippen LogP contribution is -2.08. The Morgan fingerprint density at radius 3 is 1.88 bits per heavy atom. The van der Waals surface area contributed by atoms with Gasteiger partial charge in [-0.25, -0.2) is 9.97 Å². The van der Waals surface area contributed by atoms with Crippen LogP contribution in [0.5, 0.6) is 5.88 Å². The summed E-state index contributed by atoms with van der Waals surface area (Å²) >= 11 is 0. The molecule has 0 unspecified atom stereocenters. The monoisotopic (exact) mass is 434 g/mol. The predicted octanol–water partition coefficient (Wildman–Crippen LogP) is 5.35. The van der Waals surface area contributed by atoms with Crippen molar-refractivity contribution < 1.29 is 5.11 Å². The van der Waals surface area contributed by atoms with Gasteiger partial charge in [-0.3, -0.25) is 4.40 Å². The standard InChI is InChI=1S/C28H26N4O/c1-31(2)23-15-13-22(14-16-23)26-19-32-27(24(29-26)17-20-9-5-3-6-10-20)30-25(28(32)33)18-21-11-7-4-8-12-21/h3-16,19,33H,17-18H2,1-2H3. The highest BCUT2D eigenvalue weighted by atomic mass is 16.3. The van der Waals surface area contributed by atoms with Crippen molar-refractivity contribution in [3.8, 4) is 17.1 Å². The van der Waals surface area contributed by atoms with Crippen molar-refractivity contribution >= 4 is 11.3 Å². The van der Waals surface area contributed by atoms with E-state index in [1.165, 1.54) is 0 Å². The van der Waals surface area contributed by atoms with Gasteiger partial charge in [0.05, 0.1) is 11.4 Å². The van der Waals surface area contributed by atoms with Crippen LogP contribution in [0.15, 0.2) is 91.1 Å². The molecule has 2 heterocycles. The van der Waals surface area contributed by atoms with Crippen LogP contribution in [0.25, 0.3) is 16.9 Å². The lowest BCUT2D eigenvalue weighted by Gasteiger charge is -2.13. The quantitative estimate of drug-likeness (QED) is 0.391. The molecule has 33 heavy (non-hydrogen) atoms. The topological polar surface area (TPSA) is 53.7 Å². The molecule has 164 valence electrons. The summed E-state index contributed by atoms with van der Waals surface area (Å²) in [4.78, 5) is 11.9. The summed E-state index contributed by atoms with van der Waals surface area (Å²) in [5.41, 5.74) is 7.36. The van der Waals surface area contributed by atoms with E-state index in [0.29, 0.717) is 24.2 Å². The highest BCUT2D eigenvalue weighted by Crippen LogP contribution is 2.29. The number of fused-ring (bicyclic) bond motifs is 1. The summed E-state index contributed by atoms with van der Waals surface area (Å²) in [6.07, 6.45) is 3.08. The normalized spacial score (nSPS) is 11.1. The number of nitrogens with zero attached hydrogens (tertiary/aromatic N) is 4. The van der Waals surface area contributed by atoms with Gasteiger partial charge < -0.3 is 10.0 Å². The molecule has 0 saturated carbocycles. The Hall–Kier alpha value is -4.12. The van der Waals surface area contributed by atoms with E-state index in [9.17, 15) is 5.11 Å². The van der Waals surface area contributed by atoms with Gasteiger partial charge in [-0.2, -0.15) is 0 Å². The average molecular weight is 435 g/mol. The lowest BCUT2D eigenvalue weighted by molar-refractivity contribution is 0.442. The maximum atomic E-state index is 11.1. The Morgan fingerprint density at radius 1 is 0.727 bits per heavy atom. The van der Waals surface area contributed by atoms with Crippen molar-refractivity contribution in [2.24, 2.45) is 0 Å². The molecule has 5 nitrogen and oxygen atoms in total. The van der Waals surface area contributed by atoms with Gasteiger partial charge >= 0.3 is 0 Å². The first-order chi connectivity index (χ1) is 16.1. The van der Waals surface area contributed by atoms with E-state index in [2.05, 4.69) is 41.3 Å². The Balaban J connectivity index is 1.63. The van der Waals surface area contributed by atoms with Gasteiger partial charge in [0.25, 0.3) is 0 Å². The molecule has 0 saturated heterocycles. The first-order valence-corrected chi connectivity index (χ1v) is 11.0. The Morgan fingerprint density at radius 2 is 1.30 bits per heavy atom. The van der Waals surface area contributed by atoms with Crippen molar-refractivity contribution in [3.05, 3.63) is 114 Å². The number of anilines is 1. The first kappa shape index (κ1) is 20.8. The second kappa shape index (κ2) is 8.79. The Kier molecular flexibility index (Phi) is 5.53.